The third kappa shape index (κ3) is 3.96. The Kier molecular flexibility index (Phi) is 5.33. The van der Waals surface area contributed by atoms with Crippen LogP contribution in [0, 0.1) is 0 Å². The van der Waals surface area contributed by atoms with E-state index in [0.717, 1.165) is 19.3 Å². The lowest BCUT2D eigenvalue weighted by Gasteiger charge is -2.22. The number of carbonyl (C=O) groups is 1. The second kappa shape index (κ2) is 5.45. The molecule has 1 saturated carbocycles. The van der Waals surface area contributed by atoms with Gasteiger partial charge in [-0.15, -0.1) is 12.4 Å². The van der Waals surface area contributed by atoms with Crippen molar-refractivity contribution in [2.24, 2.45) is 5.73 Å². The summed E-state index contributed by atoms with van der Waals surface area (Å²) in [4.78, 5) is 10.8. The van der Waals surface area contributed by atoms with Crippen molar-refractivity contribution in [3.63, 3.8) is 0 Å². The zero-order chi connectivity index (χ0) is 9.03. The molecule has 0 aromatic heterocycles. The van der Waals surface area contributed by atoms with E-state index >= 15 is 0 Å². The van der Waals surface area contributed by atoms with Gasteiger partial charge in [-0.05, 0) is 19.3 Å². The Bertz CT molecular complexity index is 167. The molecule has 2 N–H and O–H groups in total. The van der Waals surface area contributed by atoms with Gasteiger partial charge in [-0.2, -0.15) is 0 Å². The lowest BCUT2D eigenvalue weighted by molar-refractivity contribution is -0.141. The van der Waals surface area contributed by atoms with Crippen molar-refractivity contribution in [2.75, 3.05) is 7.11 Å². The Morgan fingerprint density at radius 1 is 1.46 bits per heavy atom. The van der Waals surface area contributed by atoms with Crippen LogP contribution in [-0.2, 0) is 9.53 Å². The Morgan fingerprint density at radius 3 is 2.46 bits per heavy atom. The molecule has 0 atom stereocenters. The SMILES string of the molecule is COC(=O)CCC1(N)CCCC1.Cl. The van der Waals surface area contributed by atoms with Crippen LogP contribution >= 0.6 is 12.4 Å². The predicted octanol–water partition coefficient (Wildman–Crippen LogP) is 1.63. The minimum Gasteiger partial charge on any atom is -0.469 e. The van der Waals surface area contributed by atoms with Gasteiger partial charge in [0.25, 0.3) is 0 Å². The molecule has 0 saturated heterocycles. The molecule has 0 heterocycles. The summed E-state index contributed by atoms with van der Waals surface area (Å²) in [5, 5.41) is 0. The molecule has 1 fully saturated rings. The average Bonchev–Trinajstić information content (AvgIpc) is 2.49. The molecule has 4 heteroatoms. The third-order valence-corrected chi connectivity index (χ3v) is 2.65. The summed E-state index contributed by atoms with van der Waals surface area (Å²) in [6.45, 7) is 0. The van der Waals surface area contributed by atoms with Gasteiger partial charge in [0.1, 0.15) is 0 Å². The van der Waals surface area contributed by atoms with Crippen molar-refractivity contribution >= 4 is 18.4 Å². The van der Waals surface area contributed by atoms with Crippen LogP contribution in [0.15, 0.2) is 0 Å². The largest absolute Gasteiger partial charge is 0.469 e. The number of methoxy groups -OCH3 is 1. The first-order valence-corrected chi connectivity index (χ1v) is 4.52. The van der Waals surface area contributed by atoms with Crippen LogP contribution in [0.5, 0.6) is 0 Å². The molecule has 1 aliphatic carbocycles. The van der Waals surface area contributed by atoms with E-state index in [0.29, 0.717) is 6.42 Å². The van der Waals surface area contributed by atoms with Crippen LogP contribution in [-0.4, -0.2) is 18.6 Å². The molecule has 13 heavy (non-hydrogen) atoms. The van der Waals surface area contributed by atoms with Crippen LogP contribution in [0.25, 0.3) is 0 Å². The maximum atomic E-state index is 10.8. The molecule has 78 valence electrons. The molecule has 0 bridgehead atoms. The Hall–Kier alpha value is -0.280. The second-order valence-electron chi connectivity index (χ2n) is 3.65. The van der Waals surface area contributed by atoms with Crippen molar-refractivity contribution < 1.29 is 9.53 Å². The summed E-state index contributed by atoms with van der Waals surface area (Å²) in [5.74, 6) is -0.147. The van der Waals surface area contributed by atoms with E-state index in [4.69, 9.17) is 5.73 Å². The standard InChI is InChI=1S/C9H17NO2.ClH/c1-12-8(11)4-7-9(10)5-2-3-6-9;/h2-7,10H2,1H3;1H. The summed E-state index contributed by atoms with van der Waals surface area (Å²) in [6, 6.07) is 0. The molecule has 0 unspecified atom stereocenters. The average molecular weight is 208 g/mol. The number of halogens is 1. The van der Waals surface area contributed by atoms with Crippen LogP contribution < -0.4 is 5.73 Å². The maximum absolute atomic E-state index is 10.8. The quantitative estimate of drug-likeness (QED) is 0.716. The number of rotatable bonds is 3. The summed E-state index contributed by atoms with van der Waals surface area (Å²) in [7, 11) is 1.42. The molecule has 1 rings (SSSR count). The first-order valence-electron chi connectivity index (χ1n) is 4.52. The molecule has 0 aliphatic heterocycles. The van der Waals surface area contributed by atoms with Gasteiger partial charge in [0.2, 0.25) is 0 Å². The van der Waals surface area contributed by atoms with Gasteiger partial charge in [0.15, 0.2) is 0 Å². The van der Waals surface area contributed by atoms with Gasteiger partial charge in [-0.25, -0.2) is 0 Å². The molecule has 0 amide bonds. The van der Waals surface area contributed by atoms with Crippen molar-refractivity contribution in [3.05, 3.63) is 0 Å². The number of hydrogen-bond donors (Lipinski definition) is 1. The van der Waals surface area contributed by atoms with Crippen LogP contribution in [0.1, 0.15) is 38.5 Å². The van der Waals surface area contributed by atoms with Crippen molar-refractivity contribution in [2.45, 2.75) is 44.1 Å². The molecule has 3 nitrogen and oxygen atoms in total. The normalized spacial score (nSPS) is 19.2. The summed E-state index contributed by atoms with van der Waals surface area (Å²) in [6.07, 6.45) is 5.77. The first-order chi connectivity index (χ1) is 5.66. The highest BCUT2D eigenvalue weighted by Crippen LogP contribution is 2.30. The topological polar surface area (TPSA) is 52.3 Å². The minimum atomic E-state index is -0.147. The maximum Gasteiger partial charge on any atom is 0.305 e. The van der Waals surface area contributed by atoms with Crippen LogP contribution in [0.4, 0.5) is 0 Å². The highest BCUT2D eigenvalue weighted by atomic mass is 35.5. The number of nitrogens with two attached hydrogens (primary N) is 1. The van der Waals surface area contributed by atoms with E-state index in [1.165, 1.54) is 20.0 Å². The molecule has 0 aromatic rings. The predicted molar refractivity (Wildman–Crippen MR) is 53.9 cm³/mol. The van der Waals surface area contributed by atoms with E-state index < -0.39 is 0 Å². The lowest BCUT2D eigenvalue weighted by atomic mass is 9.93. The highest BCUT2D eigenvalue weighted by molar-refractivity contribution is 5.85. The number of ether oxygens (including phenoxy) is 1. The van der Waals surface area contributed by atoms with Gasteiger partial charge in [-0.3, -0.25) is 4.79 Å². The zero-order valence-corrected chi connectivity index (χ0v) is 8.86. The van der Waals surface area contributed by atoms with Gasteiger partial charge in [0.05, 0.1) is 7.11 Å². The van der Waals surface area contributed by atoms with E-state index in [1.807, 2.05) is 0 Å². The number of carbonyl (C=O) groups excluding carboxylic acids is 1. The van der Waals surface area contributed by atoms with Crippen molar-refractivity contribution in [1.82, 2.24) is 0 Å². The highest BCUT2D eigenvalue weighted by Gasteiger charge is 2.29. The van der Waals surface area contributed by atoms with Crippen molar-refractivity contribution in [1.29, 1.82) is 0 Å². The molecule has 0 radical (unpaired) electrons. The van der Waals surface area contributed by atoms with E-state index in [9.17, 15) is 4.79 Å². The monoisotopic (exact) mass is 207 g/mol. The summed E-state index contributed by atoms with van der Waals surface area (Å²) >= 11 is 0. The summed E-state index contributed by atoms with van der Waals surface area (Å²) < 4.78 is 4.56. The van der Waals surface area contributed by atoms with Gasteiger partial charge in [0, 0.05) is 12.0 Å². The fraction of sp³-hybridized carbons (Fsp3) is 0.889. The Balaban J connectivity index is 0.00000144. The summed E-state index contributed by atoms with van der Waals surface area (Å²) in [5.41, 5.74) is 5.98. The molecular weight excluding hydrogens is 190 g/mol. The van der Waals surface area contributed by atoms with Crippen LogP contribution in [0.2, 0.25) is 0 Å². The fourth-order valence-electron chi connectivity index (χ4n) is 1.78. The molecular formula is C9H18ClNO2. The Morgan fingerprint density at radius 2 is 2.00 bits per heavy atom. The van der Waals surface area contributed by atoms with Crippen molar-refractivity contribution in [3.8, 4) is 0 Å². The van der Waals surface area contributed by atoms with Gasteiger partial charge < -0.3 is 10.5 Å². The third-order valence-electron chi connectivity index (χ3n) is 2.65. The number of esters is 1. The minimum absolute atomic E-state index is 0. The lowest BCUT2D eigenvalue weighted by Crippen LogP contribution is -2.36. The van der Waals surface area contributed by atoms with Gasteiger partial charge >= 0.3 is 5.97 Å². The van der Waals surface area contributed by atoms with Gasteiger partial charge in [-0.1, -0.05) is 12.8 Å². The molecule has 0 spiro atoms. The smallest absolute Gasteiger partial charge is 0.305 e. The second-order valence-corrected chi connectivity index (χ2v) is 3.65. The molecule has 0 aromatic carbocycles. The van der Waals surface area contributed by atoms with E-state index in [2.05, 4.69) is 4.74 Å². The van der Waals surface area contributed by atoms with E-state index in [1.54, 1.807) is 0 Å². The first kappa shape index (κ1) is 12.7. The number of hydrogen-bond acceptors (Lipinski definition) is 3. The van der Waals surface area contributed by atoms with E-state index in [-0.39, 0.29) is 23.9 Å². The molecule has 1 aliphatic rings. The Labute approximate surface area is 85.4 Å². The van der Waals surface area contributed by atoms with Crippen LogP contribution in [0.3, 0.4) is 0 Å². The zero-order valence-electron chi connectivity index (χ0n) is 8.04. The fourth-order valence-corrected chi connectivity index (χ4v) is 1.78.